The molecule has 0 bridgehead atoms. The van der Waals surface area contributed by atoms with E-state index in [0.29, 0.717) is 13.0 Å². The number of alkyl halides is 2. The van der Waals surface area contributed by atoms with Crippen LogP contribution in [0.4, 0.5) is 0 Å². The topological polar surface area (TPSA) is 41.6 Å². The number of halogens is 2. The Balaban J connectivity index is 2.09. The van der Waals surface area contributed by atoms with Gasteiger partial charge in [0.25, 0.3) is 0 Å². The highest BCUT2D eigenvalue weighted by Crippen LogP contribution is 2.63. The van der Waals surface area contributed by atoms with E-state index in [9.17, 15) is 4.79 Å². The monoisotopic (exact) mass is 344 g/mol. The maximum absolute atomic E-state index is 12.3. The second kappa shape index (κ2) is 6.26. The third kappa shape index (κ3) is 3.19. The number of benzene rings is 1. The molecule has 0 aliphatic heterocycles. The Bertz CT molecular complexity index is 563. The van der Waals surface area contributed by atoms with Crippen LogP contribution >= 0.6 is 23.2 Å². The van der Waals surface area contributed by atoms with E-state index in [1.165, 1.54) is 0 Å². The first-order valence-corrected chi connectivity index (χ1v) is 7.94. The van der Waals surface area contributed by atoms with Gasteiger partial charge in [-0.05, 0) is 33.5 Å². The molecule has 6 heteroatoms. The summed E-state index contributed by atoms with van der Waals surface area (Å²) in [6.07, 6.45) is 0.482. The quantitative estimate of drug-likeness (QED) is 0.806. The largest absolute Gasteiger partial charge is 0.496 e. The van der Waals surface area contributed by atoms with Gasteiger partial charge < -0.3 is 15.0 Å². The number of carbonyl (C=O) groups is 1. The molecule has 1 aromatic carbocycles. The van der Waals surface area contributed by atoms with E-state index in [0.717, 1.165) is 11.3 Å². The minimum absolute atomic E-state index is 0.00232. The van der Waals surface area contributed by atoms with E-state index in [-0.39, 0.29) is 11.9 Å². The molecule has 0 aromatic heterocycles. The molecule has 22 heavy (non-hydrogen) atoms. The molecule has 0 radical (unpaired) electrons. The van der Waals surface area contributed by atoms with Crippen molar-refractivity contribution in [2.24, 2.45) is 5.41 Å². The smallest absolute Gasteiger partial charge is 0.229 e. The molecule has 2 atom stereocenters. The van der Waals surface area contributed by atoms with E-state index >= 15 is 0 Å². The van der Waals surface area contributed by atoms with Gasteiger partial charge in [0.1, 0.15) is 10.1 Å². The van der Waals surface area contributed by atoms with Gasteiger partial charge in [0, 0.05) is 12.1 Å². The van der Waals surface area contributed by atoms with Crippen molar-refractivity contribution in [3.8, 4) is 5.75 Å². The zero-order chi connectivity index (χ0) is 16.5. The molecule has 1 aromatic rings. The highest BCUT2D eigenvalue weighted by molar-refractivity contribution is 6.53. The van der Waals surface area contributed by atoms with Crippen molar-refractivity contribution in [2.45, 2.75) is 23.7 Å². The first-order chi connectivity index (χ1) is 10.2. The number of carbonyl (C=O) groups excluding carboxylic acids is 1. The lowest BCUT2D eigenvalue weighted by Gasteiger charge is -2.27. The molecular formula is C16H22Cl2N2O2. The van der Waals surface area contributed by atoms with Gasteiger partial charge in [-0.15, -0.1) is 23.2 Å². The van der Waals surface area contributed by atoms with Crippen LogP contribution in [0.1, 0.15) is 24.9 Å². The summed E-state index contributed by atoms with van der Waals surface area (Å²) in [5, 5.41) is 2.97. The number of amides is 1. The van der Waals surface area contributed by atoms with E-state index in [1.54, 1.807) is 14.0 Å². The van der Waals surface area contributed by atoms with Crippen LogP contribution in [0.5, 0.6) is 5.75 Å². The summed E-state index contributed by atoms with van der Waals surface area (Å²) in [7, 11) is 5.58. The van der Waals surface area contributed by atoms with Gasteiger partial charge in [0.2, 0.25) is 5.91 Å². The minimum atomic E-state index is -0.949. The number of hydrogen-bond donors (Lipinski definition) is 1. The van der Waals surface area contributed by atoms with Crippen molar-refractivity contribution in [1.82, 2.24) is 10.2 Å². The van der Waals surface area contributed by atoms with E-state index in [2.05, 4.69) is 5.32 Å². The lowest BCUT2D eigenvalue weighted by atomic mass is 10.0. The van der Waals surface area contributed by atoms with E-state index < -0.39 is 9.75 Å². The van der Waals surface area contributed by atoms with E-state index in [1.807, 2.05) is 43.3 Å². The molecule has 122 valence electrons. The molecule has 2 rings (SSSR count). The normalized spacial score (nSPS) is 24.0. The molecule has 0 heterocycles. The molecule has 1 N–H and O–H groups in total. The molecule has 1 saturated carbocycles. The summed E-state index contributed by atoms with van der Waals surface area (Å²) >= 11 is 12.1. The van der Waals surface area contributed by atoms with Crippen LogP contribution in [0.25, 0.3) is 0 Å². The van der Waals surface area contributed by atoms with Crippen LogP contribution in [-0.4, -0.2) is 42.9 Å². The number of methoxy groups -OCH3 is 1. The summed E-state index contributed by atoms with van der Waals surface area (Å²) in [5.41, 5.74) is 0.326. The Kier molecular flexibility index (Phi) is 4.95. The van der Waals surface area contributed by atoms with Crippen LogP contribution in [0.2, 0.25) is 0 Å². The minimum Gasteiger partial charge on any atom is -0.496 e. The summed E-state index contributed by atoms with van der Waals surface area (Å²) in [5.74, 6) is 0.691. The average molecular weight is 345 g/mol. The van der Waals surface area contributed by atoms with Gasteiger partial charge >= 0.3 is 0 Å². The molecular weight excluding hydrogens is 323 g/mol. The van der Waals surface area contributed by atoms with Crippen molar-refractivity contribution >= 4 is 29.1 Å². The first-order valence-electron chi connectivity index (χ1n) is 7.18. The van der Waals surface area contributed by atoms with Gasteiger partial charge in [-0.25, -0.2) is 0 Å². The van der Waals surface area contributed by atoms with Crippen molar-refractivity contribution < 1.29 is 9.53 Å². The summed E-state index contributed by atoms with van der Waals surface area (Å²) in [6, 6.07) is 7.80. The lowest BCUT2D eigenvalue weighted by molar-refractivity contribution is -0.126. The molecule has 1 aliphatic rings. The number of ether oxygens (including phenoxy) is 1. The van der Waals surface area contributed by atoms with E-state index in [4.69, 9.17) is 27.9 Å². The molecule has 1 fully saturated rings. The van der Waals surface area contributed by atoms with Gasteiger partial charge in [-0.3, -0.25) is 4.79 Å². The van der Waals surface area contributed by atoms with Gasteiger partial charge in [0.15, 0.2) is 0 Å². The fourth-order valence-corrected chi connectivity index (χ4v) is 3.25. The Morgan fingerprint density at radius 3 is 2.50 bits per heavy atom. The number of likely N-dealkylation sites (N-methyl/N-ethyl adjacent to an activating group) is 1. The van der Waals surface area contributed by atoms with Gasteiger partial charge in [-0.1, -0.05) is 18.2 Å². The van der Waals surface area contributed by atoms with Gasteiger partial charge in [0.05, 0.1) is 18.6 Å². The summed E-state index contributed by atoms with van der Waals surface area (Å²) in [4.78, 5) is 14.4. The molecule has 4 nitrogen and oxygen atoms in total. The van der Waals surface area contributed by atoms with Crippen LogP contribution in [0, 0.1) is 5.41 Å². The number of nitrogens with zero attached hydrogens (tertiary/aromatic N) is 1. The number of para-hydroxylation sites is 1. The third-order valence-electron chi connectivity index (χ3n) is 4.34. The molecule has 1 amide bonds. The summed E-state index contributed by atoms with van der Waals surface area (Å²) < 4.78 is 4.47. The Morgan fingerprint density at radius 2 is 2.00 bits per heavy atom. The van der Waals surface area contributed by atoms with Crippen molar-refractivity contribution in [3.05, 3.63) is 29.8 Å². The van der Waals surface area contributed by atoms with Crippen LogP contribution in [0.3, 0.4) is 0 Å². The maximum atomic E-state index is 12.3. The maximum Gasteiger partial charge on any atom is 0.229 e. The standard InChI is InChI=1S/C16H22Cl2N2O2/c1-15(10-16(15,17)18)14(21)19-9-12(20(2)3)11-7-5-6-8-13(11)22-4/h5-8,12H,9-10H2,1-4H3,(H,19,21). The predicted octanol–water partition coefficient (Wildman–Crippen LogP) is 3.00. The fraction of sp³-hybridized carbons (Fsp3) is 0.562. The Morgan fingerprint density at radius 1 is 1.41 bits per heavy atom. The summed E-state index contributed by atoms with van der Waals surface area (Å²) in [6.45, 7) is 2.25. The Hall–Kier alpha value is -0.970. The van der Waals surface area contributed by atoms with Crippen LogP contribution in [0.15, 0.2) is 24.3 Å². The second-order valence-electron chi connectivity index (χ2n) is 6.14. The van der Waals surface area contributed by atoms with Crippen LogP contribution < -0.4 is 10.1 Å². The highest BCUT2D eigenvalue weighted by atomic mass is 35.5. The predicted molar refractivity (Wildman–Crippen MR) is 89.6 cm³/mol. The average Bonchev–Trinajstić information content (AvgIpc) is 2.99. The van der Waals surface area contributed by atoms with Crippen molar-refractivity contribution in [1.29, 1.82) is 0 Å². The first kappa shape index (κ1) is 17.4. The number of hydrogen-bond acceptors (Lipinski definition) is 3. The SMILES string of the molecule is COc1ccccc1C(CNC(=O)C1(C)CC1(Cl)Cl)N(C)C. The number of rotatable bonds is 6. The zero-order valence-corrected chi connectivity index (χ0v) is 14.8. The Labute approximate surface area is 141 Å². The zero-order valence-electron chi connectivity index (χ0n) is 13.3. The van der Waals surface area contributed by atoms with Gasteiger partial charge in [-0.2, -0.15) is 0 Å². The molecule has 0 saturated heterocycles. The lowest BCUT2D eigenvalue weighted by Crippen LogP contribution is -2.39. The molecule has 2 unspecified atom stereocenters. The van der Waals surface area contributed by atoms with Crippen molar-refractivity contribution in [3.63, 3.8) is 0 Å². The molecule has 1 aliphatic carbocycles. The fourth-order valence-electron chi connectivity index (χ4n) is 2.54. The highest BCUT2D eigenvalue weighted by Gasteiger charge is 2.67. The molecule has 0 spiro atoms. The van der Waals surface area contributed by atoms with Crippen LogP contribution in [-0.2, 0) is 4.79 Å². The van der Waals surface area contributed by atoms with Crippen molar-refractivity contribution in [2.75, 3.05) is 27.7 Å². The number of nitrogens with one attached hydrogen (secondary N) is 1. The second-order valence-corrected chi connectivity index (χ2v) is 7.63. The third-order valence-corrected chi connectivity index (χ3v) is 5.44.